The molecular formula is C17H32N2OS. The van der Waals surface area contributed by atoms with Crippen LogP contribution in [0.3, 0.4) is 0 Å². The first-order valence-electron chi connectivity index (χ1n) is 8.53. The molecular weight excluding hydrogens is 280 g/mol. The Balaban J connectivity index is 2.79. The molecule has 0 aromatic carbocycles. The number of hydrogen-bond acceptors (Lipinski definition) is 2. The molecule has 0 heterocycles. The lowest BCUT2D eigenvalue weighted by molar-refractivity contribution is -0.138. The van der Waals surface area contributed by atoms with Crippen LogP contribution in [0.25, 0.3) is 0 Å². The van der Waals surface area contributed by atoms with Crippen LogP contribution in [-0.4, -0.2) is 29.4 Å². The Morgan fingerprint density at radius 2 is 1.71 bits per heavy atom. The summed E-state index contributed by atoms with van der Waals surface area (Å²) >= 11 is 5.29. The first kappa shape index (κ1) is 18.4. The van der Waals surface area contributed by atoms with E-state index in [9.17, 15) is 4.79 Å². The van der Waals surface area contributed by atoms with E-state index in [0.717, 1.165) is 32.2 Å². The molecule has 0 aromatic rings. The standard InChI is InChI=1S/C17H32N2OS/c1-4-11-17(12-5-2,15(18)21)16(20)19(3)13-14-9-7-6-8-10-14/h14H,4-13H2,1-3H3,(H2,18,21). The Labute approximate surface area is 135 Å². The highest BCUT2D eigenvalue weighted by Crippen LogP contribution is 2.34. The van der Waals surface area contributed by atoms with Gasteiger partial charge in [-0.15, -0.1) is 0 Å². The van der Waals surface area contributed by atoms with Gasteiger partial charge in [-0.2, -0.15) is 0 Å². The summed E-state index contributed by atoms with van der Waals surface area (Å²) in [7, 11) is 1.93. The number of nitrogens with zero attached hydrogens (tertiary/aromatic N) is 1. The fraction of sp³-hybridized carbons (Fsp3) is 0.882. The van der Waals surface area contributed by atoms with E-state index < -0.39 is 5.41 Å². The minimum atomic E-state index is -0.623. The van der Waals surface area contributed by atoms with Crippen LogP contribution in [0.5, 0.6) is 0 Å². The Morgan fingerprint density at radius 1 is 1.19 bits per heavy atom. The molecule has 0 spiro atoms. The number of nitrogens with two attached hydrogens (primary N) is 1. The van der Waals surface area contributed by atoms with Crippen molar-refractivity contribution in [2.45, 2.75) is 71.6 Å². The number of amides is 1. The number of carbonyl (C=O) groups excluding carboxylic acids is 1. The molecule has 2 N–H and O–H groups in total. The monoisotopic (exact) mass is 312 g/mol. The number of thiocarbonyl (C=S) groups is 1. The van der Waals surface area contributed by atoms with Gasteiger partial charge in [-0.05, 0) is 31.6 Å². The molecule has 1 aliphatic rings. The van der Waals surface area contributed by atoms with E-state index in [1.54, 1.807) is 0 Å². The molecule has 1 amide bonds. The van der Waals surface area contributed by atoms with Gasteiger partial charge in [0.25, 0.3) is 0 Å². The number of carbonyl (C=O) groups is 1. The Hall–Kier alpha value is -0.640. The van der Waals surface area contributed by atoms with Gasteiger partial charge in [0, 0.05) is 13.6 Å². The largest absolute Gasteiger partial charge is 0.392 e. The third-order valence-electron chi connectivity index (χ3n) is 4.84. The predicted octanol–water partition coefficient (Wildman–Crippen LogP) is 3.90. The lowest BCUT2D eigenvalue weighted by Gasteiger charge is -2.36. The summed E-state index contributed by atoms with van der Waals surface area (Å²) in [5, 5.41) is 0. The van der Waals surface area contributed by atoms with Gasteiger partial charge in [0.15, 0.2) is 0 Å². The second kappa shape index (κ2) is 8.72. The summed E-state index contributed by atoms with van der Waals surface area (Å²) in [6.07, 6.45) is 9.85. The van der Waals surface area contributed by atoms with Gasteiger partial charge in [-0.3, -0.25) is 4.79 Å². The van der Waals surface area contributed by atoms with Crippen LogP contribution in [0.15, 0.2) is 0 Å². The van der Waals surface area contributed by atoms with Crippen LogP contribution in [0.2, 0.25) is 0 Å². The zero-order valence-corrected chi connectivity index (χ0v) is 14.8. The Kier molecular flexibility index (Phi) is 7.64. The van der Waals surface area contributed by atoms with Crippen molar-refractivity contribution in [1.82, 2.24) is 4.90 Å². The maximum atomic E-state index is 13.0. The summed E-state index contributed by atoms with van der Waals surface area (Å²) in [5.41, 5.74) is 5.38. The molecule has 1 fully saturated rings. The van der Waals surface area contributed by atoms with Gasteiger partial charge in [0.2, 0.25) is 5.91 Å². The first-order chi connectivity index (χ1) is 9.97. The molecule has 0 bridgehead atoms. The topological polar surface area (TPSA) is 46.3 Å². The van der Waals surface area contributed by atoms with Gasteiger partial charge in [-0.1, -0.05) is 58.2 Å². The molecule has 0 saturated heterocycles. The van der Waals surface area contributed by atoms with E-state index in [-0.39, 0.29) is 5.91 Å². The quantitative estimate of drug-likeness (QED) is 0.691. The maximum Gasteiger partial charge on any atom is 0.235 e. The van der Waals surface area contributed by atoms with Crippen LogP contribution < -0.4 is 5.73 Å². The third kappa shape index (κ3) is 4.67. The molecule has 21 heavy (non-hydrogen) atoms. The fourth-order valence-electron chi connectivity index (χ4n) is 3.75. The van der Waals surface area contributed by atoms with E-state index in [4.69, 9.17) is 18.0 Å². The second-order valence-electron chi connectivity index (χ2n) is 6.64. The second-order valence-corrected chi connectivity index (χ2v) is 7.08. The van der Waals surface area contributed by atoms with E-state index >= 15 is 0 Å². The zero-order chi connectivity index (χ0) is 15.9. The number of hydrogen-bond donors (Lipinski definition) is 1. The molecule has 1 rings (SSSR count). The molecule has 122 valence electrons. The van der Waals surface area contributed by atoms with Gasteiger partial charge < -0.3 is 10.6 Å². The van der Waals surface area contributed by atoms with E-state index in [1.165, 1.54) is 32.1 Å². The third-order valence-corrected chi connectivity index (χ3v) is 5.23. The Morgan fingerprint density at radius 3 is 2.14 bits per heavy atom. The lowest BCUT2D eigenvalue weighted by atomic mass is 9.77. The van der Waals surface area contributed by atoms with Crippen LogP contribution in [0, 0.1) is 11.3 Å². The van der Waals surface area contributed by atoms with E-state index in [1.807, 2.05) is 11.9 Å². The van der Waals surface area contributed by atoms with Gasteiger partial charge in [0.1, 0.15) is 0 Å². The minimum absolute atomic E-state index is 0.143. The zero-order valence-electron chi connectivity index (χ0n) is 14.0. The molecule has 4 heteroatoms. The summed E-state index contributed by atoms with van der Waals surface area (Å²) in [6, 6.07) is 0. The van der Waals surface area contributed by atoms with Crippen molar-refractivity contribution in [3.8, 4) is 0 Å². The Bertz CT molecular complexity index is 345. The first-order valence-corrected chi connectivity index (χ1v) is 8.94. The molecule has 0 aromatic heterocycles. The number of rotatable bonds is 8. The fourth-order valence-corrected chi connectivity index (χ4v) is 4.04. The maximum absolute atomic E-state index is 13.0. The van der Waals surface area contributed by atoms with Crippen molar-refractivity contribution < 1.29 is 4.79 Å². The van der Waals surface area contributed by atoms with Crippen LogP contribution in [0.4, 0.5) is 0 Å². The van der Waals surface area contributed by atoms with E-state index in [0.29, 0.717) is 10.9 Å². The highest BCUT2D eigenvalue weighted by Gasteiger charge is 2.41. The average molecular weight is 313 g/mol. The van der Waals surface area contributed by atoms with Crippen LogP contribution in [0.1, 0.15) is 71.6 Å². The highest BCUT2D eigenvalue weighted by atomic mass is 32.1. The molecule has 0 radical (unpaired) electrons. The van der Waals surface area contributed by atoms with Gasteiger partial charge >= 0.3 is 0 Å². The summed E-state index contributed by atoms with van der Waals surface area (Å²) in [5.74, 6) is 0.796. The molecule has 0 atom stereocenters. The van der Waals surface area contributed by atoms with Crippen LogP contribution >= 0.6 is 12.2 Å². The van der Waals surface area contributed by atoms with Crippen molar-refractivity contribution in [3.05, 3.63) is 0 Å². The van der Waals surface area contributed by atoms with Crippen molar-refractivity contribution >= 4 is 23.1 Å². The predicted molar refractivity (Wildman–Crippen MR) is 93.2 cm³/mol. The SMILES string of the molecule is CCCC(CCC)(C(=O)N(C)CC1CCCCC1)C(N)=S. The smallest absolute Gasteiger partial charge is 0.235 e. The van der Waals surface area contributed by atoms with Crippen molar-refractivity contribution in [2.24, 2.45) is 17.1 Å². The minimum Gasteiger partial charge on any atom is -0.392 e. The van der Waals surface area contributed by atoms with Crippen LogP contribution in [-0.2, 0) is 4.79 Å². The molecule has 3 nitrogen and oxygen atoms in total. The van der Waals surface area contributed by atoms with Gasteiger partial charge in [0.05, 0.1) is 10.4 Å². The molecule has 1 saturated carbocycles. The van der Waals surface area contributed by atoms with E-state index in [2.05, 4.69) is 13.8 Å². The summed E-state index contributed by atoms with van der Waals surface area (Å²) in [6.45, 7) is 5.05. The van der Waals surface area contributed by atoms with Crippen molar-refractivity contribution in [3.63, 3.8) is 0 Å². The summed E-state index contributed by atoms with van der Waals surface area (Å²) in [4.78, 5) is 15.3. The highest BCUT2D eigenvalue weighted by molar-refractivity contribution is 7.80. The van der Waals surface area contributed by atoms with Crippen molar-refractivity contribution in [2.75, 3.05) is 13.6 Å². The van der Waals surface area contributed by atoms with Crippen molar-refractivity contribution in [1.29, 1.82) is 0 Å². The molecule has 0 aliphatic heterocycles. The summed E-state index contributed by atoms with van der Waals surface area (Å²) < 4.78 is 0. The normalized spacial score (nSPS) is 16.7. The molecule has 0 unspecified atom stereocenters. The molecule has 1 aliphatic carbocycles. The average Bonchev–Trinajstić information content (AvgIpc) is 2.46. The lowest BCUT2D eigenvalue weighted by Crippen LogP contribution is -2.50. The van der Waals surface area contributed by atoms with Gasteiger partial charge in [-0.25, -0.2) is 0 Å².